The molecule has 5 nitrogen and oxygen atoms in total. The van der Waals surface area contributed by atoms with Crippen LogP contribution in [0.25, 0.3) is 11.0 Å². The first-order valence-corrected chi connectivity index (χ1v) is 8.13. The number of nitrogens with zero attached hydrogens (tertiary/aromatic N) is 3. The highest BCUT2D eigenvalue weighted by molar-refractivity contribution is 5.75. The van der Waals surface area contributed by atoms with Crippen LogP contribution in [0.4, 0.5) is 0 Å². The highest BCUT2D eigenvalue weighted by Crippen LogP contribution is 2.19. The molecule has 2 aromatic rings. The van der Waals surface area contributed by atoms with Gasteiger partial charge in [-0.15, -0.1) is 0 Å². The fourth-order valence-electron chi connectivity index (χ4n) is 3.26. The van der Waals surface area contributed by atoms with Crippen molar-refractivity contribution in [2.45, 2.75) is 39.0 Å². The molecule has 0 bridgehead atoms. The number of hydrogen-bond donors (Lipinski definition) is 2. The maximum Gasteiger partial charge on any atom is 0.135 e. The normalized spacial score (nSPS) is 18.9. The quantitative estimate of drug-likeness (QED) is 0.881. The van der Waals surface area contributed by atoms with Crippen LogP contribution in [0.5, 0.6) is 0 Å². The average Bonchev–Trinajstić information content (AvgIpc) is 2.87. The minimum absolute atomic E-state index is 0.109. The second kappa shape index (κ2) is 6.77. The van der Waals surface area contributed by atoms with Crippen molar-refractivity contribution < 1.29 is 10.2 Å². The first-order valence-electron chi connectivity index (χ1n) is 8.13. The van der Waals surface area contributed by atoms with E-state index in [1.165, 1.54) is 12.8 Å². The summed E-state index contributed by atoms with van der Waals surface area (Å²) in [6.45, 7) is 5.47. The monoisotopic (exact) mass is 303 g/mol. The SMILES string of the molecule is CC1CCN(C[C@@H](O)Cn2c(CO)nc3ccccc32)CC1. The molecule has 1 aliphatic rings. The number of aliphatic hydroxyl groups excluding tert-OH is 2. The van der Waals surface area contributed by atoms with E-state index in [1.807, 2.05) is 28.8 Å². The van der Waals surface area contributed by atoms with E-state index >= 15 is 0 Å². The van der Waals surface area contributed by atoms with Crippen molar-refractivity contribution in [1.82, 2.24) is 14.5 Å². The number of hydrogen-bond acceptors (Lipinski definition) is 4. The molecule has 1 aromatic heterocycles. The smallest absolute Gasteiger partial charge is 0.135 e. The van der Waals surface area contributed by atoms with Gasteiger partial charge in [0, 0.05) is 6.54 Å². The van der Waals surface area contributed by atoms with Gasteiger partial charge >= 0.3 is 0 Å². The molecular formula is C17H25N3O2. The summed E-state index contributed by atoms with van der Waals surface area (Å²) in [5, 5.41) is 20.0. The predicted molar refractivity (Wildman–Crippen MR) is 86.5 cm³/mol. The van der Waals surface area contributed by atoms with Crippen LogP contribution >= 0.6 is 0 Å². The summed E-state index contributed by atoms with van der Waals surface area (Å²) in [5.41, 5.74) is 1.84. The Bertz CT molecular complexity index is 617. The van der Waals surface area contributed by atoms with Crippen molar-refractivity contribution in [3.63, 3.8) is 0 Å². The molecule has 22 heavy (non-hydrogen) atoms. The zero-order chi connectivity index (χ0) is 15.5. The third-order valence-electron chi connectivity index (χ3n) is 4.61. The molecule has 1 atom stereocenters. The van der Waals surface area contributed by atoms with E-state index in [9.17, 15) is 10.2 Å². The van der Waals surface area contributed by atoms with Crippen molar-refractivity contribution in [3.8, 4) is 0 Å². The number of aromatic nitrogens is 2. The molecule has 120 valence electrons. The van der Waals surface area contributed by atoms with Crippen LogP contribution in [0.1, 0.15) is 25.6 Å². The van der Waals surface area contributed by atoms with E-state index in [4.69, 9.17) is 0 Å². The van der Waals surface area contributed by atoms with Gasteiger partial charge in [0.2, 0.25) is 0 Å². The third kappa shape index (κ3) is 3.32. The number of rotatable bonds is 5. The highest BCUT2D eigenvalue weighted by Gasteiger charge is 2.20. The Hall–Kier alpha value is -1.43. The topological polar surface area (TPSA) is 61.5 Å². The van der Waals surface area contributed by atoms with Crippen LogP contribution in [-0.2, 0) is 13.2 Å². The number of piperidine rings is 1. The van der Waals surface area contributed by atoms with Gasteiger partial charge in [-0.25, -0.2) is 4.98 Å². The summed E-state index contributed by atoms with van der Waals surface area (Å²) < 4.78 is 1.94. The van der Waals surface area contributed by atoms with E-state index in [2.05, 4.69) is 16.8 Å². The predicted octanol–water partition coefficient (Wildman–Crippen LogP) is 1.62. The summed E-state index contributed by atoms with van der Waals surface area (Å²) in [7, 11) is 0. The number of likely N-dealkylation sites (tertiary alicyclic amines) is 1. The lowest BCUT2D eigenvalue weighted by atomic mass is 9.99. The number of imidazole rings is 1. The number of benzene rings is 1. The standard InChI is InChI=1S/C17H25N3O2/c1-13-6-8-19(9-7-13)10-14(22)11-20-16-5-3-2-4-15(16)18-17(20)12-21/h2-5,13-14,21-22H,6-12H2,1H3/t14-/m1/s1. The van der Waals surface area contributed by atoms with Gasteiger partial charge in [0.15, 0.2) is 0 Å². The van der Waals surface area contributed by atoms with Crippen LogP contribution in [0, 0.1) is 5.92 Å². The molecule has 1 aromatic carbocycles. The molecule has 0 saturated carbocycles. The van der Waals surface area contributed by atoms with Gasteiger partial charge in [-0.3, -0.25) is 0 Å². The number of β-amino-alcohol motifs (C(OH)–C–C–N with tert-alkyl or cyclic N) is 1. The molecule has 2 N–H and O–H groups in total. The summed E-state index contributed by atoms with van der Waals surface area (Å²) in [4.78, 5) is 6.76. The van der Waals surface area contributed by atoms with Crippen LogP contribution in [0.2, 0.25) is 0 Å². The van der Waals surface area contributed by atoms with Crippen molar-refractivity contribution in [3.05, 3.63) is 30.1 Å². The second-order valence-corrected chi connectivity index (χ2v) is 6.42. The Morgan fingerprint density at radius 2 is 1.95 bits per heavy atom. The number of aliphatic hydroxyl groups is 2. The molecule has 0 radical (unpaired) electrons. The third-order valence-corrected chi connectivity index (χ3v) is 4.61. The number of para-hydroxylation sites is 2. The Morgan fingerprint density at radius 3 is 2.68 bits per heavy atom. The molecule has 0 spiro atoms. The minimum atomic E-state index is -0.448. The number of fused-ring (bicyclic) bond motifs is 1. The zero-order valence-corrected chi connectivity index (χ0v) is 13.1. The average molecular weight is 303 g/mol. The Morgan fingerprint density at radius 1 is 1.23 bits per heavy atom. The molecule has 0 aliphatic carbocycles. The summed E-state index contributed by atoms with van der Waals surface area (Å²) >= 11 is 0. The lowest BCUT2D eigenvalue weighted by molar-refractivity contribution is 0.0794. The maximum atomic E-state index is 10.4. The summed E-state index contributed by atoms with van der Waals surface area (Å²) in [6.07, 6.45) is 1.97. The molecule has 5 heteroatoms. The van der Waals surface area contributed by atoms with Gasteiger partial charge in [0.25, 0.3) is 0 Å². The van der Waals surface area contributed by atoms with E-state index in [-0.39, 0.29) is 6.61 Å². The van der Waals surface area contributed by atoms with Crippen LogP contribution in [0.15, 0.2) is 24.3 Å². The maximum absolute atomic E-state index is 10.4. The Balaban J connectivity index is 1.69. The summed E-state index contributed by atoms with van der Waals surface area (Å²) in [6, 6.07) is 7.81. The van der Waals surface area contributed by atoms with Gasteiger partial charge in [0.05, 0.1) is 23.7 Å². The van der Waals surface area contributed by atoms with Crippen molar-refractivity contribution in [2.24, 2.45) is 5.92 Å². The van der Waals surface area contributed by atoms with Gasteiger partial charge in [-0.2, -0.15) is 0 Å². The van der Waals surface area contributed by atoms with Crippen molar-refractivity contribution >= 4 is 11.0 Å². The van der Waals surface area contributed by atoms with Gasteiger partial charge in [-0.1, -0.05) is 19.1 Å². The Kier molecular flexibility index (Phi) is 4.76. The fourth-order valence-corrected chi connectivity index (χ4v) is 3.26. The summed E-state index contributed by atoms with van der Waals surface area (Å²) in [5.74, 6) is 1.42. The van der Waals surface area contributed by atoms with Gasteiger partial charge in [0.1, 0.15) is 12.4 Å². The van der Waals surface area contributed by atoms with Crippen LogP contribution in [0.3, 0.4) is 0 Å². The molecule has 1 saturated heterocycles. The van der Waals surface area contributed by atoms with Gasteiger partial charge in [-0.05, 0) is 44.0 Å². The molecule has 1 aliphatic heterocycles. The second-order valence-electron chi connectivity index (χ2n) is 6.42. The first-order chi connectivity index (χ1) is 10.7. The van der Waals surface area contributed by atoms with Gasteiger partial charge < -0.3 is 19.7 Å². The minimum Gasteiger partial charge on any atom is -0.390 e. The van der Waals surface area contributed by atoms with E-state index < -0.39 is 6.10 Å². The first kappa shape index (κ1) is 15.5. The van der Waals surface area contributed by atoms with Crippen LogP contribution < -0.4 is 0 Å². The molecule has 2 heterocycles. The lowest BCUT2D eigenvalue weighted by Crippen LogP contribution is -2.39. The zero-order valence-electron chi connectivity index (χ0n) is 13.1. The Labute approximate surface area is 131 Å². The highest BCUT2D eigenvalue weighted by atomic mass is 16.3. The fraction of sp³-hybridized carbons (Fsp3) is 0.588. The largest absolute Gasteiger partial charge is 0.390 e. The van der Waals surface area contributed by atoms with E-state index in [0.717, 1.165) is 30.0 Å². The van der Waals surface area contributed by atoms with Crippen molar-refractivity contribution in [1.29, 1.82) is 0 Å². The molecule has 0 amide bonds. The molecule has 3 rings (SSSR count). The molecular weight excluding hydrogens is 278 g/mol. The van der Waals surface area contributed by atoms with E-state index in [0.29, 0.717) is 18.9 Å². The molecule has 0 unspecified atom stereocenters. The molecule has 1 fully saturated rings. The lowest BCUT2D eigenvalue weighted by Gasteiger charge is -2.31. The van der Waals surface area contributed by atoms with Crippen LogP contribution in [-0.4, -0.2) is 50.4 Å². The van der Waals surface area contributed by atoms with Crippen molar-refractivity contribution in [2.75, 3.05) is 19.6 Å². The van der Waals surface area contributed by atoms with E-state index in [1.54, 1.807) is 0 Å².